The van der Waals surface area contributed by atoms with Gasteiger partial charge in [0.05, 0.1) is 0 Å². The van der Waals surface area contributed by atoms with Crippen LogP contribution < -0.4 is 0 Å². The standard InChI is InChI=1S/C15H20N2/c1-2-16(14-6-7-14)11-8-13-9-12-17-10-4-3-5-15(13)17/h3-5,9-10,12,14H,2,6-8,11H2,1H3. The van der Waals surface area contributed by atoms with Gasteiger partial charge >= 0.3 is 0 Å². The smallest absolute Gasteiger partial charge is 0.0482 e. The fraction of sp³-hybridized carbons (Fsp3) is 0.467. The van der Waals surface area contributed by atoms with Crippen LogP contribution in [0, 0.1) is 0 Å². The third-order valence-electron chi connectivity index (χ3n) is 3.79. The molecule has 0 aromatic carbocycles. The van der Waals surface area contributed by atoms with Crippen molar-refractivity contribution < 1.29 is 0 Å². The van der Waals surface area contributed by atoms with Crippen molar-refractivity contribution in [2.75, 3.05) is 13.1 Å². The zero-order valence-electron chi connectivity index (χ0n) is 10.5. The van der Waals surface area contributed by atoms with Gasteiger partial charge in [-0.2, -0.15) is 0 Å². The van der Waals surface area contributed by atoms with E-state index in [0.29, 0.717) is 0 Å². The average Bonchev–Trinajstić information content (AvgIpc) is 3.12. The van der Waals surface area contributed by atoms with Crippen LogP contribution in [0.4, 0.5) is 0 Å². The van der Waals surface area contributed by atoms with Gasteiger partial charge in [0, 0.05) is 30.5 Å². The predicted octanol–water partition coefficient (Wildman–Crippen LogP) is 2.97. The van der Waals surface area contributed by atoms with Gasteiger partial charge in [-0.05, 0) is 49.6 Å². The van der Waals surface area contributed by atoms with Crippen LogP contribution >= 0.6 is 0 Å². The molecule has 0 unspecified atom stereocenters. The summed E-state index contributed by atoms with van der Waals surface area (Å²) >= 11 is 0. The maximum Gasteiger partial charge on any atom is 0.0482 e. The van der Waals surface area contributed by atoms with Crippen LogP contribution in [0.1, 0.15) is 25.3 Å². The molecule has 0 amide bonds. The molecule has 2 heteroatoms. The molecule has 0 N–H and O–H groups in total. The van der Waals surface area contributed by atoms with Crippen LogP contribution in [-0.4, -0.2) is 28.4 Å². The zero-order chi connectivity index (χ0) is 11.7. The van der Waals surface area contributed by atoms with Gasteiger partial charge in [0.1, 0.15) is 0 Å². The van der Waals surface area contributed by atoms with Gasteiger partial charge < -0.3 is 9.30 Å². The Morgan fingerprint density at radius 2 is 2.12 bits per heavy atom. The highest BCUT2D eigenvalue weighted by Gasteiger charge is 2.27. The molecule has 1 saturated carbocycles. The van der Waals surface area contributed by atoms with Gasteiger partial charge in [-0.15, -0.1) is 0 Å². The lowest BCUT2D eigenvalue weighted by molar-refractivity contribution is 0.282. The minimum Gasteiger partial charge on any atom is -0.324 e. The summed E-state index contributed by atoms with van der Waals surface area (Å²) in [6.07, 6.45) is 8.27. The minimum absolute atomic E-state index is 0.883. The number of fused-ring (bicyclic) bond motifs is 1. The van der Waals surface area contributed by atoms with Crippen LogP contribution in [0.3, 0.4) is 0 Å². The zero-order valence-corrected chi connectivity index (χ0v) is 10.5. The second-order valence-corrected chi connectivity index (χ2v) is 4.94. The fourth-order valence-corrected chi connectivity index (χ4v) is 2.63. The molecule has 90 valence electrons. The number of nitrogens with zero attached hydrogens (tertiary/aromatic N) is 2. The molecule has 0 aliphatic heterocycles. The fourth-order valence-electron chi connectivity index (χ4n) is 2.63. The molecule has 0 spiro atoms. The average molecular weight is 228 g/mol. The van der Waals surface area contributed by atoms with Crippen molar-refractivity contribution in [3.8, 4) is 0 Å². The highest BCUT2D eigenvalue weighted by Crippen LogP contribution is 2.26. The lowest BCUT2D eigenvalue weighted by Crippen LogP contribution is -2.27. The molecular weight excluding hydrogens is 208 g/mol. The Morgan fingerprint density at radius 1 is 1.24 bits per heavy atom. The van der Waals surface area contributed by atoms with Crippen molar-refractivity contribution in [2.24, 2.45) is 0 Å². The first-order valence-corrected chi connectivity index (χ1v) is 6.67. The maximum absolute atomic E-state index is 2.62. The molecule has 0 bridgehead atoms. The number of rotatable bonds is 5. The molecule has 2 aromatic rings. The van der Waals surface area contributed by atoms with Crippen molar-refractivity contribution in [2.45, 2.75) is 32.2 Å². The summed E-state index contributed by atoms with van der Waals surface area (Å²) in [5.41, 5.74) is 2.84. The lowest BCUT2D eigenvalue weighted by Gasteiger charge is -2.19. The van der Waals surface area contributed by atoms with E-state index in [1.807, 2.05) is 0 Å². The Morgan fingerprint density at radius 3 is 2.88 bits per heavy atom. The number of hydrogen-bond donors (Lipinski definition) is 0. The second-order valence-electron chi connectivity index (χ2n) is 4.94. The summed E-state index contributed by atoms with van der Waals surface area (Å²) in [6.45, 7) is 4.67. The van der Waals surface area contributed by atoms with Crippen molar-refractivity contribution in [3.05, 3.63) is 42.2 Å². The van der Waals surface area contributed by atoms with Crippen LogP contribution in [0.15, 0.2) is 36.7 Å². The highest BCUT2D eigenvalue weighted by molar-refractivity contribution is 5.55. The van der Waals surface area contributed by atoms with E-state index in [4.69, 9.17) is 0 Å². The van der Waals surface area contributed by atoms with Gasteiger partial charge in [0.15, 0.2) is 0 Å². The van der Waals surface area contributed by atoms with Crippen molar-refractivity contribution >= 4 is 5.52 Å². The Balaban J connectivity index is 1.71. The third kappa shape index (κ3) is 2.22. The Labute approximate surface area is 103 Å². The summed E-state index contributed by atoms with van der Waals surface area (Å²) in [7, 11) is 0. The summed E-state index contributed by atoms with van der Waals surface area (Å²) in [4.78, 5) is 2.62. The molecule has 17 heavy (non-hydrogen) atoms. The van der Waals surface area contributed by atoms with E-state index in [-0.39, 0.29) is 0 Å². The number of likely N-dealkylation sites (N-methyl/N-ethyl adjacent to an activating group) is 1. The van der Waals surface area contributed by atoms with Crippen LogP contribution in [0.25, 0.3) is 5.52 Å². The number of hydrogen-bond acceptors (Lipinski definition) is 1. The van der Waals surface area contributed by atoms with Gasteiger partial charge in [0.25, 0.3) is 0 Å². The second kappa shape index (κ2) is 4.53. The van der Waals surface area contributed by atoms with E-state index in [2.05, 4.69) is 52.9 Å². The Bertz CT molecular complexity index is 496. The topological polar surface area (TPSA) is 7.65 Å². The summed E-state index contributed by atoms with van der Waals surface area (Å²) < 4.78 is 2.21. The molecule has 2 aromatic heterocycles. The summed E-state index contributed by atoms with van der Waals surface area (Å²) in [6, 6.07) is 9.56. The molecule has 1 aliphatic carbocycles. The van der Waals surface area contributed by atoms with E-state index in [1.165, 1.54) is 43.4 Å². The molecule has 0 radical (unpaired) electrons. The first-order valence-electron chi connectivity index (χ1n) is 6.67. The normalized spacial score (nSPS) is 15.9. The monoisotopic (exact) mass is 228 g/mol. The van der Waals surface area contributed by atoms with Gasteiger partial charge in [-0.3, -0.25) is 0 Å². The Hall–Kier alpha value is -1.28. The van der Waals surface area contributed by atoms with Crippen molar-refractivity contribution in [1.29, 1.82) is 0 Å². The van der Waals surface area contributed by atoms with Crippen LogP contribution in [0.2, 0.25) is 0 Å². The first kappa shape index (κ1) is 10.8. The van der Waals surface area contributed by atoms with Crippen LogP contribution in [-0.2, 0) is 6.42 Å². The predicted molar refractivity (Wildman–Crippen MR) is 71.4 cm³/mol. The molecular formula is C15H20N2. The largest absolute Gasteiger partial charge is 0.324 e. The SMILES string of the molecule is CCN(CCc1ccn2ccccc12)C1CC1. The molecule has 1 fully saturated rings. The molecule has 1 aliphatic rings. The lowest BCUT2D eigenvalue weighted by atomic mass is 10.2. The van der Waals surface area contributed by atoms with Gasteiger partial charge in [-0.25, -0.2) is 0 Å². The number of aromatic nitrogens is 1. The van der Waals surface area contributed by atoms with E-state index in [9.17, 15) is 0 Å². The third-order valence-corrected chi connectivity index (χ3v) is 3.79. The summed E-state index contributed by atoms with van der Waals surface area (Å²) in [5, 5.41) is 0. The molecule has 2 nitrogen and oxygen atoms in total. The first-order chi connectivity index (χ1) is 8.38. The van der Waals surface area contributed by atoms with E-state index < -0.39 is 0 Å². The molecule has 0 saturated heterocycles. The van der Waals surface area contributed by atoms with Crippen molar-refractivity contribution in [3.63, 3.8) is 0 Å². The molecule has 2 heterocycles. The highest BCUT2D eigenvalue weighted by atomic mass is 15.2. The summed E-state index contributed by atoms with van der Waals surface area (Å²) in [5.74, 6) is 0. The quantitative estimate of drug-likeness (QED) is 0.763. The number of pyridine rings is 1. The molecule has 3 rings (SSSR count). The van der Waals surface area contributed by atoms with Gasteiger partial charge in [0.2, 0.25) is 0 Å². The Kier molecular flexibility index (Phi) is 2.89. The van der Waals surface area contributed by atoms with E-state index in [1.54, 1.807) is 0 Å². The van der Waals surface area contributed by atoms with E-state index >= 15 is 0 Å². The van der Waals surface area contributed by atoms with Gasteiger partial charge in [-0.1, -0.05) is 13.0 Å². The maximum atomic E-state index is 2.62. The molecule has 0 atom stereocenters. The van der Waals surface area contributed by atoms with Crippen molar-refractivity contribution in [1.82, 2.24) is 9.30 Å². The van der Waals surface area contributed by atoms with E-state index in [0.717, 1.165) is 6.04 Å². The van der Waals surface area contributed by atoms with Crippen LogP contribution in [0.5, 0.6) is 0 Å². The minimum atomic E-state index is 0.883.